The van der Waals surface area contributed by atoms with Crippen LogP contribution in [0.1, 0.15) is 30.8 Å². The predicted octanol–water partition coefficient (Wildman–Crippen LogP) is 2.24. The molecule has 22 heavy (non-hydrogen) atoms. The molecule has 0 fully saturated rings. The average Bonchev–Trinajstić information content (AvgIpc) is 2.56. The number of hydrogen-bond donors (Lipinski definition) is 2. The SMILES string of the molecule is CCC(C)NC(=O)c1nc(-c2ccccc2)cnc1NC=O. The number of amides is 2. The third kappa shape index (κ3) is 3.66. The lowest BCUT2D eigenvalue weighted by Crippen LogP contribution is -2.33. The van der Waals surface area contributed by atoms with E-state index in [0.29, 0.717) is 12.1 Å². The molecule has 0 radical (unpaired) electrons. The predicted molar refractivity (Wildman–Crippen MR) is 84.4 cm³/mol. The first-order valence-electron chi connectivity index (χ1n) is 7.09. The van der Waals surface area contributed by atoms with Gasteiger partial charge in [0.15, 0.2) is 11.5 Å². The molecule has 2 N–H and O–H groups in total. The van der Waals surface area contributed by atoms with Crippen LogP contribution in [0.3, 0.4) is 0 Å². The van der Waals surface area contributed by atoms with Crippen LogP contribution in [0, 0.1) is 0 Å². The number of aromatic nitrogens is 2. The summed E-state index contributed by atoms with van der Waals surface area (Å²) < 4.78 is 0. The van der Waals surface area contributed by atoms with E-state index in [1.54, 1.807) is 0 Å². The molecular formula is C16H18N4O2. The molecule has 2 amide bonds. The van der Waals surface area contributed by atoms with Crippen molar-refractivity contribution in [2.45, 2.75) is 26.3 Å². The van der Waals surface area contributed by atoms with Crippen LogP contribution < -0.4 is 10.6 Å². The number of hydrogen-bond acceptors (Lipinski definition) is 4. The van der Waals surface area contributed by atoms with Gasteiger partial charge < -0.3 is 10.6 Å². The number of nitrogens with zero attached hydrogens (tertiary/aromatic N) is 2. The molecule has 6 nitrogen and oxygen atoms in total. The van der Waals surface area contributed by atoms with E-state index in [1.165, 1.54) is 6.20 Å². The Morgan fingerprint density at radius 1 is 1.32 bits per heavy atom. The largest absolute Gasteiger partial charge is 0.348 e. The Hall–Kier alpha value is -2.76. The van der Waals surface area contributed by atoms with Crippen molar-refractivity contribution in [2.24, 2.45) is 0 Å². The van der Waals surface area contributed by atoms with Crippen LogP contribution >= 0.6 is 0 Å². The van der Waals surface area contributed by atoms with Gasteiger partial charge in [-0.2, -0.15) is 0 Å². The van der Waals surface area contributed by atoms with E-state index in [1.807, 2.05) is 44.2 Å². The third-order valence-corrected chi connectivity index (χ3v) is 3.24. The van der Waals surface area contributed by atoms with E-state index in [0.717, 1.165) is 12.0 Å². The van der Waals surface area contributed by atoms with Gasteiger partial charge in [-0.3, -0.25) is 9.59 Å². The van der Waals surface area contributed by atoms with Crippen molar-refractivity contribution < 1.29 is 9.59 Å². The van der Waals surface area contributed by atoms with Crippen molar-refractivity contribution in [1.29, 1.82) is 0 Å². The lowest BCUT2D eigenvalue weighted by atomic mass is 10.1. The molecule has 114 valence electrons. The molecule has 0 bridgehead atoms. The lowest BCUT2D eigenvalue weighted by Gasteiger charge is -2.13. The second kappa shape index (κ2) is 7.31. The van der Waals surface area contributed by atoms with Crippen LogP contribution in [-0.2, 0) is 4.79 Å². The van der Waals surface area contributed by atoms with Gasteiger partial charge in [0.25, 0.3) is 5.91 Å². The minimum absolute atomic E-state index is 0.0127. The summed E-state index contributed by atoms with van der Waals surface area (Å²) in [7, 11) is 0. The highest BCUT2D eigenvalue weighted by Crippen LogP contribution is 2.19. The number of nitrogens with one attached hydrogen (secondary N) is 2. The van der Waals surface area contributed by atoms with E-state index >= 15 is 0 Å². The second-order valence-corrected chi connectivity index (χ2v) is 4.86. The molecule has 0 aliphatic rings. The van der Waals surface area contributed by atoms with E-state index in [4.69, 9.17) is 0 Å². The zero-order valence-electron chi connectivity index (χ0n) is 12.5. The van der Waals surface area contributed by atoms with Gasteiger partial charge in [-0.05, 0) is 13.3 Å². The zero-order valence-corrected chi connectivity index (χ0v) is 12.5. The van der Waals surface area contributed by atoms with E-state index in [-0.39, 0.29) is 23.5 Å². The summed E-state index contributed by atoms with van der Waals surface area (Å²) in [5.41, 5.74) is 1.53. The Kier molecular flexibility index (Phi) is 5.19. The Morgan fingerprint density at radius 3 is 2.68 bits per heavy atom. The summed E-state index contributed by atoms with van der Waals surface area (Å²) >= 11 is 0. The monoisotopic (exact) mass is 298 g/mol. The molecule has 0 aliphatic heterocycles. The van der Waals surface area contributed by atoms with Crippen LogP contribution in [0.5, 0.6) is 0 Å². The zero-order chi connectivity index (χ0) is 15.9. The fourth-order valence-corrected chi connectivity index (χ4v) is 1.85. The van der Waals surface area contributed by atoms with Gasteiger partial charge in [0.05, 0.1) is 11.9 Å². The summed E-state index contributed by atoms with van der Waals surface area (Å²) in [5.74, 6) is -0.209. The minimum atomic E-state index is -0.357. The molecule has 6 heteroatoms. The van der Waals surface area contributed by atoms with Gasteiger partial charge in [0.2, 0.25) is 6.41 Å². The van der Waals surface area contributed by atoms with Crippen LogP contribution in [0.4, 0.5) is 5.82 Å². The maximum Gasteiger partial charge on any atom is 0.273 e. The van der Waals surface area contributed by atoms with Gasteiger partial charge in [0, 0.05) is 11.6 Å². The normalized spacial score (nSPS) is 11.5. The van der Waals surface area contributed by atoms with Gasteiger partial charge >= 0.3 is 0 Å². The summed E-state index contributed by atoms with van der Waals surface area (Å²) in [6, 6.07) is 9.44. The fourth-order valence-electron chi connectivity index (χ4n) is 1.85. The van der Waals surface area contributed by atoms with E-state index in [9.17, 15) is 9.59 Å². The second-order valence-electron chi connectivity index (χ2n) is 4.86. The van der Waals surface area contributed by atoms with Gasteiger partial charge in [-0.15, -0.1) is 0 Å². The van der Waals surface area contributed by atoms with Crippen molar-refractivity contribution >= 4 is 18.1 Å². The molecule has 1 aromatic heterocycles. The van der Waals surface area contributed by atoms with Crippen molar-refractivity contribution in [2.75, 3.05) is 5.32 Å². The first-order valence-corrected chi connectivity index (χ1v) is 7.09. The van der Waals surface area contributed by atoms with Gasteiger partial charge in [-0.1, -0.05) is 37.3 Å². The number of carbonyl (C=O) groups excluding carboxylic acids is 2. The first kappa shape index (κ1) is 15.6. The number of benzene rings is 1. The van der Waals surface area contributed by atoms with Gasteiger partial charge in [0.1, 0.15) is 0 Å². The smallest absolute Gasteiger partial charge is 0.273 e. The Morgan fingerprint density at radius 2 is 2.05 bits per heavy atom. The highest BCUT2D eigenvalue weighted by atomic mass is 16.2. The molecule has 1 atom stereocenters. The average molecular weight is 298 g/mol. The molecule has 2 aromatic rings. The quantitative estimate of drug-likeness (QED) is 0.801. The number of rotatable bonds is 6. The van der Waals surface area contributed by atoms with Crippen LogP contribution in [0.25, 0.3) is 11.3 Å². The molecule has 2 rings (SSSR count). The summed E-state index contributed by atoms with van der Waals surface area (Å²) in [5, 5.41) is 5.24. The molecule has 0 saturated carbocycles. The van der Waals surface area contributed by atoms with Crippen LogP contribution in [-0.4, -0.2) is 28.3 Å². The van der Waals surface area contributed by atoms with E-state index in [2.05, 4.69) is 20.6 Å². The summed E-state index contributed by atoms with van der Waals surface area (Å²) in [6.07, 6.45) is 2.81. The van der Waals surface area contributed by atoms with Crippen molar-refractivity contribution in [3.63, 3.8) is 0 Å². The Bertz CT molecular complexity index is 658. The maximum atomic E-state index is 12.3. The molecular weight excluding hydrogens is 280 g/mol. The number of anilines is 1. The fraction of sp³-hybridized carbons (Fsp3) is 0.250. The highest BCUT2D eigenvalue weighted by Gasteiger charge is 2.17. The standard InChI is InChI=1S/C16H18N4O2/c1-3-11(2)19-16(22)14-15(18-10-21)17-9-13(20-14)12-7-5-4-6-8-12/h4-11H,3H2,1-2H3,(H,19,22)(H,17,18,21). The van der Waals surface area contributed by atoms with E-state index < -0.39 is 0 Å². The van der Waals surface area contributed by atoms with Crippen LogP contribution in [0.2, 0.25) is 0 Å². The van der Waals surface area contributed by atoms with Crippen molar-refractivity contribution in [1.82, 2.24) is 15.3 Å². The maximum absolute atomic E-state index is 12.3. The van der Waals surface area contributed by atoms with Crippen LogP contribution in [0.15, 0.2) is 36.5 Å². The molecule has 0 saturated heterocycles. The molecule has 1 aromatic carbocycles. The molecule has 0 aliphatic carbocycles. The summed E-state index contributed by atoms with van der Waals surface area (Å²) in [4.78, 5) is 31.5. The minimum Gasteiger partial charge on any atom is -0.348 e. The highest BCUT2D eigenvalue weighted by molar-refractivity contribution is 5.98. The number of carbonyl (C=O) groups is 2. The van der Waals surface area contributed by atoms with Gasteiger partial charge in [-0.25, -0.2) is 9.97 Å². The van der Waals surface area contributed by atoms with Crippen molar-refractivity contribution in [3.8, 4) is 11.3 Å². The topological polar surface area (TPSA) is 84.0 Å². The molecule has 1 unspecified atom stereocenters. The Labute approximate surface area is 129 Å². The first-order chi connectivity index (χ1) is 10.7. The molecule has 0 spiro atoms. The third-order valence-electron chi connectivity index (χ3n) is 3.24. The lowest BCUT2D eigenvalue weighted by molar-refractivity contribution is -0.105. The molecule has 1 heterocycles. The summed E-state index contributed by atoms with van der Waals surface area (Å²) in [6.45, 7) is 3.88. The van der Waals surface area contributed by atoms with Crippen molar-refractivity contribution in [3.05, 3.63) is 42.2 Å². The Balaban J connectivity index is 2.39.